The Labute approximate surface area is 106 Å². The van der Waals surface area contributed by atoms with Gasteiger partial charge in [-0.1, -0.05) is 18.2 Å². The molecule has 4 heteroatoms. The second-order valence-electron chi connectivity index (χ2n) is 4.03. The zero-order valence-electron chi connectivity index (χ0n) is 10.1. The third-order valence-electron chi connectivity index (χ3n) is 2.62. The van der Waals surface area contributed by atoms with Crippen molar-refractivity contribution in [3.05, 3.63) is 64.6 Å². The zero-order valence-corrected chi connectivity index (χ0v) is 10.1. The highest BCUT2D eigenvalue weighted by molar-refractivity contribution is 5.39. The van der Waals surface area contributed by atoms with Crippen LogP contribution in [0.4, 0.5) is 5.69 Å². The lowest BCUT2D eigenvalue weighted by Crippen LogP contribution is -2.20. The maximum absolute atomic E-state index is 11.4. The quantitative estimate of drug-likeness (QED) is 0.642. The molecule has 4 nitrogen and oxygen atoms in total. The van der Waals surface area contributed by atoms with Gasteiger partial charge in [0, 0.05) is 24.5 Å². The lowest BCUT2D eigenvalue weighted by molar-refractivity contribution is 0.112. The molecule has 0 unspecified atom stereocenters. The largest absolute Gasteiger partial charge is 0.399 e. The summed E-state index contributed by atoms with van der Waals surface area (Å²) in [7, 11) is 0. The summed E-state index contributed by atoms with van der Waals surface area (Å²) in [5, 5.41) is 0. The Kier molecular flexibility index (Phi) is 4.15. The van der Waals surface area contributed by atoms with E-state index in [1.807, 2.05) is 30.3 Å². The van der Waals surface area contributed by atoms with E-state index < -0.39 is 0 Å². The van der Waals surface area contributed by atoms with Gasteiger partial charge < -0.3 is 15.0 Å². The van der Waals surface area contributed by atoms with Gasteiger partial charge in [0.15, 0.2) is 0 Å². The maximum Gasteiger partial charge on any atom is 0.250 e. The first-order chi connectivity index (χ1) is 8.75. The fourth-order valence-corrected chi connectivity index (χ4v) is 1.61. The molecule has 0 bridgehead atoms. The molecule has 1 aromatic heterocycles. The van der Waals surface area contributed by atoms with Crippen LogP contribution < -0.4 is 11.3 Å². The van der Waals surface area contributed by atoms with Crippen molar-refractivity contribution in [2.24, 2.45) is 0 Å². The molecule has 2 aromatic rings. The molecular formula is C14H16N2O2. The topological polar surface area (TPSA) is 57.2 Å². The molecule has 0 saturated heterocycles. The van der Waals surface area contributed by atoms with E-state index in [1.165, 1.54) is 0 Å². The number of benzene rings is 1. The molecule has 18 heavy (non-hydrogen) atoms. The van der Waals surface area contributed by atoms with Crippen molar-refractivity contribution >= 4 is 5.69 Å². The minimum atomic E-state index is -0.00594. The van der Waals surface area contributed by atoms with Gasteiger partial charge in [-0.2, -0.15) is 0 Å². The number of aromatic nitrogens is 1. The highest BCUT2D eigenvalue weighted by Gasteiger charge is 1.95. The van der Waals surface area contributed by atoms with Crippen LogP contribution in [0.25, 0.3) is 0 Å². The van der Waals surface area contributed by atoms with Crippen LogP contribution in [0.3, 0.4) is 0 Å². The fraction of sp³-hybridized carbons (Fsp3) is 0.214. The second-order valence-corrected chi connectivity index (χ2v) is 4.03. The van der Waals surface area contributed by atoms with Crippen molar-refractivity contribution < 1.29 is 4.74 Å². The molecular weight excluding hydrogens is 228 g/mol. The molecule has 0 amide bonds. The molecule has 0 aliphatic rings. The maximum atomic E-state index is 11.4. The van der Waals surface area contributed by atoms with Gasteiger partial charge >= 0.3 is 0 Å². The van der Waals surface area contributed by atoms with E-state index >= 15 is 0 Å². The van der Waals surface area contributed by atoms with Crippen LogP contribution in [0.1, 0.15) is 5.56 Å². The minimum Gasteiger partial charge on any atom is -0.399 e. The average molecular weight is 244 g/mol. The number of nitrogen functional groups attached to an aromatic ring is 1. The third kappa shape index (κ3) is 3.46. The van der Waals surface area contributed by atoms with Crippen molar-refractivity contribution in [2.75, 3.05) is 12.3 Å². The first-order valence-corrected chi connectivity index (χ1v) is 5.83. The van der Waals surface area contributed by atoms with Gasteiger partial charge in [-0.25, -0.2) is 0 Å². The molecule has 0 atom stereocenters. The van der Waals surface area contributed by atoms with E-state index in [0.29, 0.717) is 19.8 Å². The Hall–Kier alpha value is -2.07. The van der Waals surface area contributed by atoms with Crippen molar-refractivity contribution in [2.45, 2.75) is 13.2 Å². The monoisotopic (exact) mass is 244 g/mol. The molecule has 0 spiro atoms. The van der Waals surface area contributed by atoms with Crippen molar-refractivity contribution in [1.82, 2.24) is 4.57 Å². The smallest absolute Gasteiger partial charge is 0.250 e. The van der Waals surface area contributed by atoms with Gasteiger partial charge in [-0.15, -0.1) is 0 Å². The number of nitrogens with zero attached hydrogens (tertiary/aromatic N) is 1. The first kappa shape index (κ1) is 12.4. The van der Waals surface area contributed by atoms with E-state index in [4.69, 9.17) is 10.5 Å². The van der Waals surface area contributed by atoms with Crippen LogP contribution >= 0.6 is 0 Å². The standard InChI is InChI=1S/C14H16N2O2/c15-13-6-4-12(5-7-13)11-18-10-9-16-8-2-1-3-14(16)17/h1-8H,9-11,15H2. The molecule has 0 aliphatic carbocycles. The van der Waals surface area contributed by atoms with Crippen molar-refractivity contribution in [3.63, 3.8) is 0 Å². The number of nitrogens with two attached hydrogens (primary N) is 1. The second kappa shape index (κ2) is 6.02. The summed E-state index contributed by atoms with van der Waals surface area (Å²) in [4.78, 5) is 11.4. The predicted octanol–water partition coefficient (Wildman–Crippen LogP) is 1.65. The number of rotatable bonds is 5. The first-order valence-electron chi connectivity index (χ1n) is 5.83. The molecule has 94 valence electrons. The van der Waals surface area contributed by atoms with E-state index in [-0.39, 0.29) is 5.56 Å². The van der Waals surface area contributed by atoms with Crippen LogP contribution in [0.15, 0.2) is 53.5 Å². The van der Waals surface area contributed by atoms with E-state index in [2.05, 4.69) is 0 Å². The molecule has 0 fully saturated rings. The highest BCUT2D eigenvalue weighted by Crippen LogP contribution is 2.06. The van der Waals surface area contributed by atoms with Gasteiger partial charge in [0.05, 0.1) is 13.2 Å². The molecule has 0 aliphatic heterocycles. The van der Waals surface area contributed by atoms with Crippen LogP contribution in [-0.2, 0) is 17.9 Å². The minimum absolute atomic E-state index is 0.00594. The molecule has 0 radical (unpaired) electrons. The van der Waals surface area contributed by atoms with Crippen LogP contribution in [-0.4, -0.2) is 11.2 Å². The third-order valence-corrected chi connectivity index (χ3v) is 2.62. The van der Waals surface area contributed by atoms with Crippen LogP contribution in [0, 0.1) is 0 Å². The fourth-order valence-electron chi connectivity index (χ4n) is 1.61. The summed E-state index contributed by atoms with van der Waals surface area (Å²) < 4.78 is 7.15. The van der Waals surface area contributed by atoms with Gasteiger partial charge in [0.1, 0.15) is 0 Å². The number of ether oxygens (including phenoxy) is 1. The number of pyridine rings is 1. The summed E-state index contributed by atoms with van der Waals surface area (Å²) in [6.45, 7) is 1.60. The normalized spacial score (nSPS) is 10.4. The number of anilines is 1. The molecule has 2 rings (SSSR count). The van der Waals surface area contributed by atoms with Gasteiger partial charge in [-0.3, -0.25) is 4.79 Å². The van der Waals surface area contributed by atoms with Gasteiger partial charge in [0.25, 0.3) is 5.56 Å². The van der Waals surface area contributed by atoms with Crippen LogP contribution in [0.2, 0.25) is 0 Å². The average Bonchev–Trinajstić information content (AvgIpc) is 2.39. The van der Waals surface area contributed by atoms with Crippen molar-refractivity contribution in [3.8, 4) is 0 Å². The Morgan fingerprint density at radius 3 is 2.61 bits per heavy atom. The Balaban J connectivity index is 1.78. The Morgan fingerprint density at radius 2 is 1.89 bits per heavy atom. The van der Waals surface area contributed by atoms with E-state index in [9.17, 15) is 4.79 Å². The molecule has 0 saturated carbocycles. The SMILES string of the molecule is Nc1ccc(COCCn2ccccc2=O)cc1. The summed E-state index contributed by atoms with van der Waals surface area (Å²) >= 11 is 0. The van der Waals surface area contributed by atoms with Crippen LogP contribution in [0.5, 0.6) is 0 Å². The zero-order chi connectivity index (χ0) is 12.8. The lowest BCUT2D eigenvalue weighted by atomic mass is 10.2. The summed E-state index contributed by atoms with van der Waals surface area (Å²) in [6, 6.07) is 12.7. The van der Waals surface area contributed by atoms with E-state index in [1.54, 1.807) is 22.9 Å². The van der Waals surface area contributed by atoms with Gasteiger partial charge in [-0.05, 0) is 23.8 Å². The van der Waals surface area contributed by atoms with Crippen molar-refractivity contribution in [1.29, 1.82) is 0 Å². The molecule has 1 aromatic carbocycles. The predicted molar refractivity (Wildman–Crippen MR) is 71.2 cm³/mol. The number of hydrogen-bond donors (Lipinski definition) is 1. The Bertz CT molecular complexity index is 546. The highest BCUT2D eigenvalue weighted by atomic mass is 16.5. The number of hydrogen-bond acceptors (Lipinski definition) is 3. The molecule has 2 N–H and O–H groups in total. The lowest BCUT2D eigenvalue weighted by Gasteiger charge is -2.06. The summed E-state index contributed by atoms with van der Waals surface area (Å²) in [6.07, 6.45) is 1.76. The van der Waals surface area contributed by atoms with E-state index in [0.717, 1.165) is 11.3 Å². The molecule has 1 heterocycles. The summed E-state index contributed by atoms with van der Waals surface area (Å²) in [5.41, 5.74) is 7.41. The summed E-state index contributed by atoms with van der Waals surface area (Å²) in [5.74, 6) is 0. The Morgan fingerprint density at radius 1 is 1.11 bits per heavy atom. The van der Waals surface area contributed by atoms with Gasteiger partial charge in [0.2, 0.25) is 0 Å².